The van der Waals surface area contributed by atoms with Gasteiger partial charge in [-0.1, -0.05) is 22.0 Å². The SMILES string of the molecule is Cc1ccc(Br)cc1CC(Cl)C=O. The number of hydrogen-bond acceptors (Lipinski definition) is 1. The maximum Gasteiger partial charge on any atom is 0.138 e. The van der Waals surface area contributed by atoms with Crippen molar-refractivity contribution in [3.8, 4) is 0 Å². The molecule has 0 radical (unpaired) electrons. The van der Waals surface area contributed by atoms with Gasteiger partial charge in [-0.2, -0.15) is 0 Å². The molecule has 13 heavy (non-hydrogen) atoms. The normalized spacial score (nSPS) is 12.5. The van der Waals surface area contributed by atoms with Crippen LogP contribution in [-0.4, -0.2) is 11.7 Å². The summed E-state index contributed by atoms with van der Waals surface area (Å²) in [5, 5.41) is -0.423. The molecule has 0 N–H and O–H groups in total. The Hall–Kier alpha value is -0.340. The van der Waals surface area contributed by atoms with Crippen molar-refractivity contribution in [2.45, 2.75) is 18.7 Å². The van der Waals surface area contributed by atoms with Crippen molar-refractivity contribution in [2.75, 3.05) is 0 Å². The van der Waals surface area contributed by atoms with Gasteiger partial charge in [0, 0.05) is 4.47 Å². The van der Waals surface area contributed by atoms with Crippen LogP contribution < -0.4 is 0 Å². The summed E-state index contributed by atoms with van der Waals surface area (Å²) in [4.78, 5) is 10.4. The number of aldehydes is 1. The van der Waals surface area contributed by atoms with Crippen molar-refractivity contribution in [1.29, 1.82) is 0 Å². The molecule has 0 aliphatic rings. The third kappa shape index (κ3) is 3.12. The summed E-state index contributed by atoms with van der Waals surface area (Å²) in [6.45, 7) is 2.01. The minimum absolute atomic E-state index is 0.423. The molecule has 0 heterocycles. The fourth-order valence-electron chi connectivity index (χ4n) is 1.12. The zero-order valence-electron chi connectivity index (χ0n) is 7.26. The maximum absolute atomic E-state index is 10.4. The van der Waals surface area contributed by atoms with E-state index in [1.807, 2.05) is 25.1 Å². The molecule has 0 saturated carbocycles. The summed E-state index contributed by atoms with van der Waals surface area (Å²) < 4.78 is 1.02. The second kappa shape index (κ2) is 4.77. The van der Waals surface area contributed by atoms with Gasteiger partial charge in [-0.05, 0) is 36.6 Å². The van der Waals surface area contributed by atoms with Gasteiger partial charge in [0.25, 0.3) is 0 Å². The van der Waals surface area contributed by atoms with Gasteiger partial charge in [0.15, 0.2) is 0 Å². The Morgan fingerprint density at radius 2 is 2.31 bits per heavy atom. The van der Waals surface area contributed by atoms with Crippen LogP contribution in [0.1, 0.15) is 11.1 Å². The summed E-state index contributed by atoms with van der Waals surface area (Å²) >= 11 is 9.12. The summed E-state index contributed by atoms with van der Waals surface area (Å²) in [6.07, 6.45) is 1.36. The van der Waals surface area contributed by atoms with Crippen molar-refractivity contribution in [1.82, 2.24) is 0 Å². The van der Waals surface area contributed by atoms with Gasteiger partial charge >= 0.3 is 0 Å². The molecule has 0 aliphatic carbocycles. The average molecular weight is 262 g/mol. The number of carbonyl (C=O) groups excluding carboxylic acids is 1. The fourth-order valence-corrected chi connectivity index (χ4v) is 1.69. The van der Waals surface area contributed by atoms with Crippen molar-refractivity contribution >= 4 is 33.8 Å². The molecule has 0 amide bonds. The first-order valence-corrected chi connectivity index (χ1v) is 5.21. The zero-order chi connectivity index (χ0) is 9.84. The van der Waals surface area contributed by atoms with Crippen molar-refractivity contribution in [2.24, 2.45) is 0 Å². The predicted molar refractivity (Wildman–Crippen MR) is 58.3 cm³/mol. The van der Waals surface area contributed by atoms with E-state index in [1.165, 1.54) is 0 Å². The number of alkyl halides is 1. The first-order valence-electron chi connectivity index (χ1n) is 3.98. The maximum atomic E-state index is 10.4. The minimum Gasteiger partial charge on any atom is -0.302 e. The molecule has 0 aromatic heterocycles. The lowest BCUT2D eigenvalue weighted by molar-refractivity contribution is -0.107. The van der Waals surface area contributed by atoms with Crippen LogP contribution in [-0.2, 0) is 11.2 Å². The molecule has 0 fully saturated rings. The molecule has 1 unspecified atom stereocenters. The highest BCUT2D eigenvalue weighted by Crippen LogP contribution is 2.18. The number of aryl methyl sites for hydroxylation is 1. The van der Waals surface area contributed by atoms with Gasteiger partial charge in [-0.3, -0.25) is 0 Å². The van der Waals surface area contributed by atoms with E-state index in [9.17, 15) is 4.79 Å². The van der Waals surface area contributed by atoms with Crippen LogP contribution in [0.2, 0.25) is 0 Å². The zero-order valence-corrected chi connectivity index (χ0v) is 9.60. The Bertz CT molecular complexity index is 312. The van der Waals surface area contributed by atoms with E-state index >= 15 is 0 Å². The summed E-state index contributed by atoms with van der Waals surface area (Å²) in [6, 6.07) is 5.98. The van der Waals surface area contributed by atoms with E-state index in [0.29, 0.717) is 6.42 Å². The molecule has 3 heteroatoms. The lowest BCUT2D eigenvalue weighted by Crippen LogP contribution is -2.05. The molecule has 0 spiro atoms. The van der Waals surface area contributed by atoms with Crippen LogP contribution in [0.25, 0.3) is 0 Å². The van der Waals surface area contributed by atoms with Gasteiger partial charge in [0.2, 0.25) is 0 Å². The van der Waals surface area contributed by atoms with Gasteiger partial charge in [0.05, 0.1) is 5.38 Å². The van der Waals surface area contributed by atoms with Crippen molar-refractivity contribution < 1.29 is 4.79 Å². The third-order valence-corrected chi connectivity index (χ3v) is 2.62. The predicted octanol–water partition coefficient (Wildman–Crippen LogP) is 3.11. The summed E-state index contributed by atoms with van der Waals surface area (Å²) in [5.41, 5.74) is 2.28. The fraction of sp³-hybridized carbons (Fsp3) is 0.300. The number of benzene rings is 1. The molecule has 0 saturated heterocycles. The van der Waals surface area contributed by atoms with Crippen LogP contribution in [0.4, 0.5) is 0 Å². The largest absolute Gasteiger partial charge is 0.302 e. The van der Waals surface area contributed by atoms with Crippen molar-refractivity contribution in [3.05, 3.63) is 33.8 Å². The molecular weight excluding hydrogens is 251 g/mol. The number of hydrogen-bond donors (Lipinski definition) is 0. The summed E-state index contributed by atoms with van der Waals surface area (Å²) in [7, 11) is 0. The second-order valence-corrected chi connectivity index (χ2v) is 4.40. The number of rotatable bonds is 3. The standard InChI is InChI=1S/C10H10BrClO/c1-7-2-3-9(11)4-8(7)5-10(12)6-13/h2-4,6,10H,5H2,1H3. The Morgan fingerprint density at radius 1 is 1.62 bits per heavy atom. The molecule has 0 aliphatic heterocycles. The lowest BCUT2D eigenvalue weighted by atomic mass is 10.0. The van der Waals surface area contributed by atoms with E-state index in [0.717, 1.165) is 21.9 Å². The molecule has 1 nitrogen and oxygen atoms in total. The van der Waals surface area contributed by atoms with Crippen LogP contribution in [0.3, 0.4) is 0 Å². The summed E-state index contributed by atoms with van der Waals surface area (Å²) in [5.74, 6) is 0. The third-order valence-electron chi connectivity index (χ3n) is 1.87. The van der Waals surface area contributed by atoms with Gasteiger partial charge in [-0.15, -0.1) is 11.6 Å². The highest BCUT2D eigenvalue weighted by molar-refractivity contribution is 9.10. The van der Waals surface area contributed by atoms with Crippen molar-refractivity contribution in [3.63, 3.8) is 0 Å². The van der Waals surface area contributed by atoms with Gasteiger partial charge in [-0.25, -0.2) is 0 Å². The first-order chi connectivity index (χ1) is 6.13. The molecule has 1 aromatic rings. The Balaban J connectivity index is 2.86. The van der Waals surface area contributed by atoms with E-state index in [-0.39, 0.29) is 0 Å². The molecular formula is C10H10BrClO. The Morgan fingerprint density at radius 3 is 2.92 bits per heavy atom. The molecule has 0 bridgehead atoms. The van der Waals surface area contributed by atoms with Gasteiger partial charge in [0.1, 0.15) is 6.29 Å². The minimum atomic E-state index is -0.423. The van der Waals surface area contributed by atoms with Crippen LogP contribution >= 0.6 is 27.5 Å². The Labute approximate surface area is 91.2 Å². The van der Waals surface area contributed by atoms with Crippen LogP contribution in [0, 0.1) is 6.92 Å². The average Bonchev–Trinajstić information content (AvgIpc) is 2.11. The van der Waals surface area contributed by atoms with Crippen LogP contribution in [0.15, 0.2) is 22.7 Å². The topological polar surface area (TPSA) is 17.1 Å². The van der Waals surface area contributed by atoms with E-state index in [4.69, 9.17) is 11.6 Å². The molecule has 1 aromatic carbocycles. The molecule has 1 rings (SSSR count). The van der Waals surface area contributed by atoms with E-state index in [1.54, 1.807) is 0 Å². The molecule has 70 valence electrons. The first kappa shape index (κ1) is 10.7. The van der Waals surface area contributed by atoms with E-state index in [2.05, 4.69) is 15.9 Å². The lowest BCUT2D eigenvalue weighted by Gasteiger charge is -2.06. The smallest absolute Gasteiger partial charge is 0.138 e. The van der Waals surface area contributed by atoms with E-state index < -0.39 is 5.38 Å². The second-order valence-electron chi connectivity index (χ2n) is 2.93. The number of halogens is 2. The monoisotopic (exact) mass is 260 g/mol. The van der Waals surface area contributed by atoms with Crippen LogP contribution in [0.5, 0.6) is 0 Å². The Kier molecular flexibility index (Phi) is 3.94. The quantitative estimate of drug-likeness (QED) is 0.603. The number of carbonyl (C=O) groups is 1. The van der Waals surface area contributed by atoms with Gasteiger partial charge < -0.3 is 4.79 Å². The highest BCUT2D eigenvalue weighted by atomic mass is 79.9. The molecule has 1 atom stereocenters. The highest BCUT2D eigenvalue weighted by Gasteiger charge is 2.06.